The van der Waals surface area contributed by atoms with E-state index in [1.807, 2.05) is 6.07 Å². The molecule has 0 N–H and O–H groups in total. The molecule has 3 aliphatic rings. The summed E-state index contributed by atoms with van der Waals surface area (Å²) in [7, 11) is 0. The van der Waals surface area contributed by atoms with Crippen LogP contribution in [0.3, 0.4) is 0 Å². The van der Waals surface area contributed by atoms with E-state index in [1.54, 1.807) is 16.6 Å². The molecule has 0 saturated heterocycles. The van der Waals surface area contributed by atoms with E-state index in [0.717, 1.165) is 17.2 Å². The fourth-order valence-electron chi connectivity index (χ4n) is 3.87. The van der Waals surface area contributed by atoms with Crippen LogP contribution in [0.5, 0.6) is 17.2 Å². The van der Waals surface area contributed by atoms with Crippen molar-refractivity contribution in [3.63, 3.8) is 0 Å². The first-order chi connectivity index (χ1) is 14.4. The average Bonchev–Trinajstić information content (AvgIpc) is 3.49. The second-order valence-corrected chi connectivity index (χ2v) is 8.29. The molecule has 11 heteroatoms. The number of rotatable bonds is 2. The number of aromatic nitrogens is 2. The number of ether oxygens (including phenoxy) is 3. The highest BCUT2D eigenvalue weighted by atomic mass is 32.2. The molecule has 1 atom stereocenters. The number of alkyl halides is 3. The van der Waals surface area contributed by atoms with Crippen molar-refractivity contribution in [3.8, 4) is 17.2 Å². The summed E-state index contributed by atoms with van der Waals surface area (Å²) < 4.78 is 61.8. The Morgan fingerprint density at radius 1 is 1.07 bits per heavy atom. The summed E-state index contributed by atoms with van der Waals surface area (Å²) in [4.78, 5) is 8.54. The van der Waals surface area contributed by atoms with E-state index in [9.17, 15) is 13.2 Å². The van der Waals surface area contributed by atoms with Gasteiger partial charge in [-0.15, -0.1) is 0 Å². The molecule has 1 unspecified atom stereocenters. The summed E-state index contributed by atoms with van der Waals surface area (Å²) in [5.74, 6) is 1.67. The van der Waals surface area contributed by atoms with Crippen molar-refractivity contribution in [3.05, 3.63) is 59.4 Å². The molecule has 1 aromatic carbocycles. The van der Waals surface area contributed by atoms with Gasteiger partial charge in [0.2, 0.25) is 12.6 Å². The van der Waals surface area contributed by atoms with Gasteiger partial charge >= 0.3 is 6.18 Å². The average molecular weight is 435 g/mol. The predicted octanol–water partition coefficient (Wildman–Crippen LogP) is 4.12. The Balaban J connectivity index is 1.39. The fraction of sp³-hybridized carbons (Fsp3) is 0.263. The fourth-order valence-corrected chi connectivity index (χ4v) is 5.28. The van der Waals surface area contributed by atoms with Gasteiger partial charge in [0.1, 0.15) is 35.0 Å². The lowest BCUT2D eigenvalue weighted by Gasteiger charge is -2.22. The summed E-state index contributed by atoms with van der Waals surface area (Å²) in [6.07, 6.45) is -1.41. The molecule has 30 heavy (non-hydrogen) atoms. The van der Waals surface area contributed by atoms with Crippen LogP contribution in [-0.2, 0) is 17.5 Å². The standard InChI is InChI=1S/C19H12F3N3O4S/c20-19(21,22)16-2-1-10(29-16)6-25-17-12(5-23-8-24-17)18(30-25)7-26-13-4-15-14(3-11(13)18)27-9-28-15/h1-5,8H,6-7,9H2. The zero-order valence-electron chi connectivity index (χ0n) is 15.1. The van der Waals surface area contributed by atoms with Crippen molar-refractivity contribution in [1.29, 1.82) is 0 Å². The molecular weight excluding hydrogens is 423 g/mol. The van der Waals surface area contributed by atoms with E-state index >= 15 is 0 Å². The Labute approximate surface area is 171 Å². The number of hydrogen-bond donors (Lipinski definition) is 0. The summed E-state index contributed by atoms with van der Waals surface area (Å²) in [5, 5.41) is 0. The predicted molar refractivity (Wildman–Crippen MR) is 98.4 cm³/mol. The zero-order valence-corrected chi connectivity index (χ0v) is 15.9. The van der Waals surface area contributed by atoms with Crippen molar-refractivity contribution >= 4 is 17.8 Å². The van der Waals surface area contributed by atoms with E-state index < -0.39 is 16.7 Å². The first-order valence-corrected chi connectivity index (χ1v) is 9.71. The molecule has 2 aromatic heterocycles. The number of halogens is 3. The van der Waals surface area contributed by atoms with Gasteiger partial charge in [0.25, 0.3) is 0 Å². The molecule has 7 nitrogen and oxygen atoms in total. The van der Waals surface area contributed by atoms with Gasteiger partial charge in [-0.3, -0.25) is 4.31 Å². The van der Waals surface area contributed by atoms with Gasteiger partial charge < -0.3 is 18.6 Å². The van der Waals surface area contributed by atoms with Crippen molar-refractivity contribution in [1.82, 2.24) is 9.97 Å². The highest BCUT2D eigenvalue weighted by molar-refractivity contribution is 8.02. The maximum Gasteiger partial charge on any atom is 0.449 e. The molecule has 0 aliphatic carbocycles. The monoisotopic (exact) mass is 435 g/mol. The number of furan rings is 1. The van der Waals surface area contributed by atoms with Crippen molar-refractivity contribution in [2.24, 2.45) is 0 Å². The maximum atomic E-state index is 12.9. The third-order valence-electron chi connectivity index (χ3n) is 5.21. The SMILES string of the molecule is FC(F)(F)c1ccc(CN2SC3(COc4cc5c(cc43)OCO5)c3cncnc32)o1. The lowest BCUT2D eigenvalue weighted by atomic mass is 9.93. The van der Waals surface area contributed by atoms with Crippen LogP contribution in [0.4, 0.5) is 19.0 Å². The Kier molecular flexibility index (Phi) is 3.53. The minimum Gasteiger partial charge on any atom is -0.491 e. The molecule has 3 aromatic rings. The zero-order chi connectivity index (χ0) is 20.5. The molecule has 6 rings (SSSR count). The van der Waals surface area contributed by atoms with E-state index in [0.29, 0.717) is 29.7 Å². The van der Waals surface area contributed by atoms with Crippen molar-refractivity contribution < 1.29 is 31.8 Å². The van der Waals surface area contributed by atoms with E-state index in [-0.39, 0.29) is 19.1 Å². The number of fused-ring (bicyclic) bond motifs is 5. The van der Waals surface area contributed by atoms with Gasteiger partial charge in [0.05, 0.1) is 6.54 Å². The van der Waals surface area contributed by atoms with E-state index in [4.69, 9.17) is 18.6 Å². The van der Waals surface area contributed by atoms with Crippen LogP contribution >= 0.6 is 11.9 Å². The third-order valence-corrected chi connectivity index (χ3v) is 6.60. The summed E-state index contributed by atoms with van der Waals surface area (Å²) in [6, 6.07) is 5.93. The van der Waals surface area contributed by atoms with Crippen LogP contribution < -0.4 is 18.5 Å². The normalized spacial score (nSPS) is 21.1. The summed E-state index contributed by atoms with van der Waals surface area (Å²) in [5.41, 5.74) is 1.70. The Morgan fingerprint density at radius 3 is 2.70 bits per heavy atom. The lowest BCUT2D eigenvalue weighted by molar-refractivity contribution is -0.153. The van der Waals surface area contributed by atoms with E-state index in [2.05, 4.69) is 9.97 Å². The maximum absolute atomic E-state index is 12.9. The van der Waals surface area contributed by atoms with Gasteiger partial charge in [-0.25, -0.2) is 9.97 Å². The molecule has 0 bridgehead atoms. The van der Waals surface area contributed by atoms with Crippen LogP contribution in [0.1, 0.15) is 22.6 Å². The first kappa shape index (κ1) is 17.8. The number of benzene rings is 1. The molecule has 0 amide bonds. The van der Waals surface area contributed by atoms with Crippen LogP contribution in [0, 0.1) is 0 Å². The minimum atomic E-state index is -4.53. The van der Waals surface area contributed by atoms with Gasteiger partial charge in [0.15, 0.2) is 11.5 Å². The second kappa shape index (κ2) is 5.97. The van der Waals surface area contributed by atoms with Crippen molar-refractivity contribution in [2.45, 2.75) is 17.5 Å². The van der Waals surface area contributed by atoms with E-state index in [1.165, 1.54) is 24.3 Å². The number of hydrogen-bond acceptors (Lipinski definition) is 8. The molecule has 5 heterocycles. The minimum absolute atomic E-state index is 0.104. The Morgan fingerprint density at radius 2 is 1.90 bits per heavy atom. The molecule has 0 radical (unpaired) electrons. The quantitative estimate of drug-likeness (QED) is 0.557. The summed E-state index contributed by atoms with van der Waals surface area (Å²) in [6.45, 7) is 0.565. The smallest absolute Gasteiger partial charge is 0.449 e. The van der Waals surface area contributed by atoms with Gasteiger partial charge in [0, 0.05) is 23.4 Å². The molecule has 0 saturated carbocycles. The molecular formula is C19H12F3N3O4S. The van der Waals surface area contributed by atoms with Crippen LogP contribution in [0.2, 0.25) is 0 Å². The molecule has 0 fully saturated rings. The third kappa shape index (κ3) is 2.47. The van der Waals surface area contributed by atoms with Crippen molar-refractivity contribution in [2.75, 3.05) is 17.7 Å². The van der Waals surface area contributed by atoms with Crippen LogP contribution in [-0.4, -0.2) is 23.4 Å². The van der Waals surface area contributed by atoms with Crippen LogP contribution in [0.15, 0.2) is 41.2 Å². The van der Waals surface area contributed by atoms with Gasteiger partial charge in [-0.05, 0) is 30.1 Å². The highest BCUT2D eigenvalue weighted by Crippen LogP contribution is 2.61. The Hall–Kier alpha value is -3.08. The summed E-state index contributed by atoms with van der Waals surface area (Å²) >= 11 is 1.42. The topological polar surface area (TPSA) is 69.9 Å². The highest BCUT2D eigenvalue weighted by Gasteiger charge is 2.53. The van der Waals surface area contributed by atoms with Gasteiger partial charge in [-0.2, -0.15) is 13.2 Å². The number of anilines is 1. The largest absolute Gasteiger partial charge is 0.491 e. The lowest BCUT2D eigenvalue weighted by Crippen LogP contribution is -2.24. The van der Waals surface area contributed by atoms with Crippen LogP contribution in [0.25, 0.3) is 0 Å². The molecule has 3 aliphatic heterocycles. The molecule has 1 spiro atoms. The first-order valence-electron chi connectivity index (χ1n) is 8.94. The number of nitrogens with zero attached hydrogens (tertiary/aromatic N) is 3. The van der Waals surface area contributed by atoms with Gasteiger partial charge in [-0.1, -0.05) is 0 Å². The molecule has 154 valence electrons. The Bertz CT molecular complexity index is 1170. The second-order valence-electron chi connectivity index (χ2n) is 6.97.